The molecule has 0 aromatic carbocycles. The van der Waals surface area contributed by atoms with Gasteiger partial charge in [0.05, 0.1) is 6.61 Å². The van der Waals surface area contributed by atoms with Crippen LogP contribution in [0.1, 0.15) is 6.92 Å². The Morgan fingerprint density at radius 2 is 1.73 bits per heavy atom. The summed E-state index contributed by atoms with van der Waals surface area (Å²) in [5.41, 5.74) is 0. The van der Waals surface area contributed by atoms with Gasteiger partial charge in [-0.25, -0.2) is 0 Å². The van der Waals surface area contributed by atoms with Crippen molar-refractivity contribution in [3.05, 3.63) is 0 Å². The molecule has 0 fully saturated rings. The van der Waals surface area contributed by atoms with Gasteiger partial charge < -0.3 is 19.2 Å². The fourth-order valence-corrected chi connectivity index (χ4v) is 3.07. The van der Waals surface area contributed by atoms with Gasteiger partial charge in [0.25, 0.3) is 0 Å². The zero-order valence-corrected chi connectivity index (χ0v) is 7.66. The van der Waals surface area contributed by atoms with Gasteiger partial charge >= 0.3 is 15.2 Å². The lowest BCUT2D eigenvalue weighted by Gasteiger charge is -2.10. The average Bonchev–Trinajstić information content (AvgIpc) is 1.55. The highest BCUT2D eigenvalue weighted by molar-refractivity contribution is 7.70. The van der Waals surface area contributed by atoms with Crippen molar-refractivity contribution >= 4 is 15.2 Å². The summed E-state index contributed by atoms with van der Waals surface area (Å²) < 4.78 is 25.1. The maximum Gasteiger partial charge on any atom is 0.340 e. The van der Waals surface area contributed by atoms with Crippen molar-refractivity contribution in [3.63, 3.8) is 0 Å². The van der Waals surface area contributed by atoms with E-state index in [0.717, 1.165) is 0 Å². The van der Waals surface area contributed by atoms with E-state index in [0.29, 0.717) is 0 Å². The Morgan fingerprint density at radius 3 is 2.00 bits per heavy atom. The van der Waals surface area contributed by atoms with Gasteiger partial charge in [0.2, 0.25) is 0 Å². The van der Waals surface area contributed by atoms with Gasteiger partial charge in [-0.05, 0) is 6.92 Å². The highest BCUT2D eigenvalue weighted by Gasteiger charge is 2.30. The van der Waals surface area contributed by atoms with Crippen molar-refractivity contribution in [1.82, 2.24) is 0 Å². The van der Waals surface area contributed by atoms with Gasteiger partial charge in [0, 0.05) is 0 Å². The van der Waals surface area contributed by atoms with Crippen LogP contribution in [-0.4, -0.2) is 27.2 Å². The van der Waals surface area contributed by atoms with Crippen LogP contribution >= 0.6 is 15.2 Å². The third kappa shape index (κ3) is 6.69. The quantitative estimate of drug-likeness (QED) is 0.570. The molecule has 0 saturated heterocycles. The molecule has 0 bridgehead atoms. The Kier molecular flexibility index (Phi) is 3.91. The van der Waals surface area contributed by atoms with Crippen molar-refractivity contribution in [2.75, 3.05) is 12.5 Å². The fourth-order valence-electron chi connectivity index (χ4n) is 0.475. The molecule has 3 N–H and O–H groups in total. The molecule has 0 aliphatic heterocycles. The van der Waals surface area contributed by atoms with E-state index in [2.05, 4.69) is 4.52 Å². The van der Waals surface area contributed by atoms with Crippen LogP contribution in [0.3, 0.4) is 0 Å². The minimum Gasteiger partial charge on any atom is -0.324 e. The summed E-state index contributed by atoms with van der Waals surface area (Å²) in [6.45, 7) is 1.41. The zero-order valence-electron chi connectivity index (χ0n) is 5.88. The van der Waals surface area contributed by atoms with Crippen LogP contribution < -0.4 is 0 Å². The van der Waals surface area contributed by atoms with Crippen molar-refractivity contribution < 1.29 is 28.3 Å². The van der Waals surface area contributed by atoms with E-state index in [1.54, 1.807) is 0 Å². The number of hydrogen-bond donors (Lipinski definition) is 3. The molecule has 0 aliphatic carbocycles. The van der Waals surface area contributed by atoms with E-state index in [4.69, 9.17) is 14.7 Å². The third-order valence-corrected chi connectivity index (χ3v) is 4.26. The van der Waals surface area contributed by atoms with Crippen molar-refractivity contribution in [2.45, 2.75) is 6.92 Å². The van der Waals surface area contributed by atoms with Gasteiger partial charge in [-0.2, -0.15) is 0 Å². The molecule has 0 aromatic heterocycles. The maximum absolute atomic E-state index is 10.7. The summed E-state index contributed by atoms with van der Waals surface area (Å²) in [6, 6.07) is 0. The van der Waals surface area contributed by atoms with Crippen LogP contribution in [0.25, 0.3) is 0 Å². The smallest absolute Gasteiger partial charge is 0.324 e. The first-order chi connectivity index (χ1) is 4.77. The second kappa shape index (κ2) is 3.81. The molecule has 1 unspecified atom stereocenters. The van der Waals surface area contributed by atoms with Crippen molar-refractivity contribution in [3.8, 4) is 0 Å². The first-order valence-electron chi connectivity index (χ1n) is 2.78. The van der Waals surface area contributed by atoms with E-state index >= 15 is 0 Å². The van der Waals surface area contributed by atoms with Gasteiger partial charge in [-0.3, -0.25) is 9.13 Å². The molecule has 0 radical (unpaired) electrons. The minimum atomic E-state index is -4.46. The predicted molar refractivity (Wildman–Crippen MR) is 38.4 cm³/mol. The molecule has 0 heterocycles. The second-order valence-electron chi connectivity index (χ2n) is 1.86. The SMILES string of the molecule is CCOP(=O)(O)CP(=O)(O)O. The molecule has 0 aliphatic rings. The molecular formula is C3H10O6P2. The molecular weight excluding hydrogens is 194 g/mol. The lowest BCUT2D eigenvalue weighted by atomic mass is 10.9. The molecule has 0 spiro atoms. The molecule has 8 heteroatoms. The number of hydrogen-bond acceptors (Lipinski definition) is 3. The lowest BCUT2D eigenvalue weighted by molar-refractivity contribution is 0.274. The first-order valence-corrected chi connectivity index (χ1v) is 6.34. The van der Waals surface area contributed by atoms with Gasteiger partial charge in [-0.15, -0.1) is 0 Å². The number of rotatable bonds is 4. The second-order valence-corrected chi connectivity index (χ2v) is 5.86. The standard InChI is InChI=1S/C3H10O6P2/c1-2-9-11(7,8)3-10(4,5)6/h2-3H2,1H3,(H,7,8)(H2,4,5,6). The summed E-state index contributed by atoms with van der Waals surface area (Å²) in [4.78, 5) is 25.2. The van der Waals surface area contributed by atoms with Crippen LogP contribution in [0.15, 0.2) is 0 Å². The Labute approximate surface area is 63.9 Å². The molecule has 0 aromatic rings. The summed E-state index contributed by atoms with van der Waals surface area (Å²) in [5.74, 6) is -1.12. The van der Waals surface area contributed by atoms with E-state index < -0.39 is 21.1 Å². The van der Waals surface area contributed by atoms with Crippen LogP contribution in [0.2, 0.25) is 0 Å². The van der Waals surface area contributed by atoms with Crippen molar-refractivity contribution in [1.29, 1.82) is 0 Å². The maximum atomic E-state index is 10.7. The van der Waals surface area contributed by atoms with Crippen molar-refractivity contribution in [2.24, 2.45) is 0 Å². The first kappa shape index (κ1) is 11.3. The van der Waals surface area contributed by atoms with E-state index in [-0.39, 0.29) is 6.61 Å². The zero-order chi connectivity index (χ0) is 9.12. The van der Waals surface area contributed by atoms with Gasteiger partial charge in [0.1, 0.15) is 0 Å². The van der Waals surface area contributed by atoms with E-state index in [1.807, 2.05) is 0 Å². The Morgan fingerprint density at radius 1 is 1.27 bits per heavy atom. The largest absolute Gasteiger partial charge is 0.340 e. The van der Waals surface area contributed by atoms with E-state index in [1.165, 1.54) is 6.92 Å². The highest BCUT2D eigenvalue weighted by atomic mass is 31.2. The fraction of sp³-hybridized carbons (Fsp3) is 1.00. The molecule has 6 nitrogen and oxygen atoms in total. The van der Waals surface area contributed by atoms with Gasteiger partial charge in [0.15, 0.2) is 5.90 Å². The minimum absolute atomic E-state index is 0.0478. The molecule has 0 rings (SSSR count). The topological polar surface area (TPSA) is 104 Å². The molecule has 0 amide bonds. The van der Waals surface area contributed by atoms with E-state index in [9.17, 15) is 9.13 Å². The van der Waals surface area contributed by atoms with Crippen LogP contribution in [0.4, 0.5) is 0 Å². The molecule has 1 atom stereocenters. The average molecular weight is 204 g/mol. The molecule has 68 valence electrons. The Bertz CT molecular complexity index is 206. The van der Waals surface area contributed by atoms with Crippen LogP contribution in [0, 0.1) is 0 Å². The normalized spacial score (nSPS) is 17.8. The molecule has 11 heavy (non-hydrogen) atoms. The summed E-state index contributed by atoms with van der Waals surface area (Å²) in [7, 11) is -8.53. The Hall–Kier alpha value is 0.300. The Balaban J connectivity index is 4.14. The summed E-state index contributed by atoms with van der Waals surface area (Å²) >= 11 is 0. The monoisotopic (exact) mass is 204 g/mol. The van der Waals surface area contributed by atoms with Gasteiger partial charge in [-0.1, -0.05) is 0 Å². The third-order valence-electron chi connectivity index (χ3n) is 0.694. The van der Waals surface area contributed by atoms with Crippen LogP contribution in [0.5, 0.6) is 0 Å². The highest BCUT2D eigenvalue weighted by Crippen LogP contribution is 2.55. The predicted octanol–water partition coefficient (Wildman–Crippen LogP) is 0.343. The lowest BCUT2D eigenvalue weighted by Crippen LogP contribution is -1.94. The summed E-state index contributed by atoms with van der Waals surface area (Å²) in [6.07, 6.45) is 0. The van der Waals surface area contributed by atoms with Crippen LogP contribution in [-0.2, 0) is 13.7 Å². The summed E-state index contributed by atoms with van der Waals surface area (Å²) in [5, 5.41) is 0. The molecule has 0 saturated carbocycles.